The molecule has 2 saturated heterocycles. The van der Waals surface area contributed by atoms with Crippen molar-refractivity contribution in [3.05, 3.63) is 65.5 Å². The largest absolute Gasteiger partial charge is 0.378 e. The van der Waals surface area contributed by atoms with Crippen molar-refractivity contribution in [3.8, 4) is 0 Å². The SMILES string of the molecule is CN(C)c1cccc(C(=O)N2C[C@@H]3CNC[C@@H]3[C@H]2c2cccc(F)c2)c1. The van der Waals surface area contributed by atoms with Crippen LogP contribution < -0.4 is 10.2 Å². The third-order valence-electron chi connectivity index (χ3n) is 5.63. The Kier molecular flexibility index (Phi) is 4.41. The highest BCUT2D eigenvalue weighted by molar-refractivity contribution is 5.95. The number of fused-ring (bicyclic) bond motifs is 1. The number of hydrogen-bond donors (Lipinski definition) is 1. The number of halogens is 1. The lowest BCUT2D eigenvalue weighted by atomic mass is 9.89. The van der Waals surface area contributed by atoms with Crippen LogP contribution in [-0.2, 0) is 0 Å². The fourth-order valence-corrected chi connectivity index (χ4v) is 4.33. The maximum absolute atomic E-state index is 13.8. The van der Waals surface area contributed by atoms with E-state index in [4.69, 9.17) is 0 Å². The molecule has 26 heavy (non-hydrogen) atoms. The highest BCUT2D eigenvalue weighted by Gasteiger charge is 2.46. The molecule has 0 radical (unpaired) electrons. The average Bonchev–Trinajstić information content (AvgIpc) is 3.22. The van der Waals surface area contributed by atoms with Crippen molar-refractivity contribution in [3.63, 3.8) is 0 Å². The molecule has 1 N–H and O–H groups in total. The lowest BCUT2D eigenvalue weighted by Gasteiger charge is -2.29. The first-order valence-electron chi connectivity index (χ1n) is 9.09. The number of carbonyl (C=O) groups excluding carboxylic acids is 1. The maximum Gasteiger partial charge on any atom is 0.254 e. The molecule has 2 aromatic rings. The summed E-state index contributed by atoms with van der Waals surface area (Å²) < 4.78 is 13.8. The van der Waals surface area contributed by atoms with Crippen molar-refractivity contribution < 1.29 is 9.18 Å². The summed E-state index contributed by atoms with van der Waals surface area (Å²) in [4.78, 5) is 17.2. The molecule has 0 spiro atoms. The van der Waals surface area contributed by atoms with Gasteiger partial charge in [0.25, 0.3) is 5.91 Å². The quantitative estimate of drug-likeness (QED) is 0.922. The first kappa shape index (κ1) is 17.0. The number of anilines is 1. The summed E-state index contributed by atoms with van der Waals surface area (Å²) >= 11 is 0. The van der Waals surface area contributed by atoms with Crippen LogP contribution in [0, 0.1) is 17.7 Å². The van der Waals surface area contributed by atoms with E-state index in [9.17, 15) is 9.18 Å². The van der Waals surface area contributed by atoms with Gasteiger partial charge in [0.15, 0.2) is 0 Å². The number of hydrogen-bond acceptors (Lipinski definition) is 3. The van der Waals surface area contributed by atoms with Gasteiger partial charge in [0, 0.05) is 50.9 Å². The summed E-state index contributed by atoms with van der Waals surface area (Å²) in [5.74, 6) is 0.526. The third kappa shape index (κ3) is 2.97. The van der Waals surface area contributed by atoms with Gasteiger partial charge in [-0.05, 0) is 41.8 Å². The predicted octanol–water partition coefficient (Wildman–Crippen LogP) is 2.92. The van der Waals surface area contributed by atoms with Crippen molar-refractivity contribution >= 4 is 11.6 Å². The Labute approximate surface area is 153 Å². The molecule has 2 fully saturated rings. The van der Waals surface area contributed by atoms with Gasteiger partial charge >= 0.3 is 0 Å². The number of likely N-dealkylation sites (tertiary alicyclic amines) is 1. The van der Waals surface area contributed by atoms with Crippen LogP contribution >= 0.6 is 0 Å². The van der Waals surface area contributed by atoms with E-state index >= 15 is 0 Å². The molecule has 0 aromatic heterocycles. The van der Waals surface area contributed by atoms with Crippen molar-refractivity contribution in [2.24, 2.45) is 11.8 Å². The zero-order chi connectivity index (χ0) is 18.3. The van der Waals surface area contributed by atoms with Gasteiger partial charge in [0.1, 0.15) is 5.82 Å². The van der Waals surface area contributed by atoms with Crippen LogP contribution in [0.2, 0.25) is 0 Å². The Morgan fingerprint density at radius 3 is 2.73 bits per heavy atom. The fourth-order valence-electron chi connectivity index (χ4n) is 4.33. The summed E-state index contributed by atoms with van der Waals surface area (Å²) in [6.45, 7) is 2.50. The van der Waals surface area contributed by atoms with E-state index in [-0.39, 0.29) is 17.8 Å². The van der Waals surface area contributed by atoms with Crippen LogP contribution in [0.15, 0.2) is 48.5 Å². The number of benzene rings is 2. The third-order valence-corrected chi connectivity index (χ3v) is 5.63. The maximum atomic E-state index is 13.8. The van der Waals surface area contributed by atoms with Gasteiger partial charge < -0.3 is 15.1 Å². The molecule has 2 aliphatic heterocycles. The minimum atomic E-state index is -0.251. The summed E-state index contributed by atoms with van der Waals surface area (Å²) in [7, 11) is 3.93. The van der Waals surface area contributed by atoms with Crippen LogP contribution in [0.1, 0.15) is 22.0 Å². The molecule has 2 aliphatic rings. The first-order chi connectivity index (χ1) is 12.5. The van der Waals surface area contributed by atoms with E-state index in [1.807, 2.05) is 54.2 Å². The molecule has 4 rings (SSSR count). The van der Waals surface area contributed by atoms with Gasteiger partial charge in [0.2, 0.25) is 0 Å². The van der Waals surface area contributed by atoms with Crippen LogP contribution in [0.3, 0.4) is 0 Å². The lowest BCUT2D eigenvalue weighted by Crippen LogP contribution is -2.34. The van der Waals surface area contributed by atoms with Gasteiger partial charge in [-0.3, -0.25) is 4.79 Å². The Morgan fingerprint density at radius 1 is 1.15 bits per heavy atom. The van der Waals surface area contributed by atoms with Crippen LogP contribution in [0.5, 0.6) is 0 Å². The summed E-state index contributed by atoms with van der Waals surface area (Å²) in [5, 5.41) is 3.42. The van der Waals surface area contributed by atoms with Crippen molar-refractivity contribution in [1.82, 2.24) is 10.2 Å². The number of carbonyl (C=O) groups is 1. The lowest BCUT2D eigenvalue weighted by molar-refractivity contribution is 0.0714. The molecular formula is C21H24FN3O. The second kappa shape index (κ2) is 6.72. The highest BCUT2D eigenvalue weighted by atomic mass is 19.1. The number of nitrogens with zero attached hydrogens (tertiary/aromatic N) is 2. The van der Waals surface area contributed by atoms with Crippen molar-refractivity contribution in [1.29, 1.82) is 0 Å². The second-order valence-electron chi connectivity index (χ2n) is 7.48. The number of nitrogens with one attached hydrogen (secondary N) is 1. The molecular weight excluding hydrogens is 329 g/mol. The molecule has 2 aromatic carbocycles. The zero-order valence-corrected chi connectivity index (χ0v) is 15.2. The Balaban J connectivity index is 1.69. The standard InChI is InChI=1S/C21H24FN3O/c1-24(2)18-8-4-6-15(10-18)21(26)25-13-16-11-23-12-19(16)20(25)14-5-3-7-17(22)9-14/h3-10,16,19-20,23H,11-13H2,1-2H3/t16-,19-,20+/m0/s1. The average molecular weight is 353 g/mol. The van der Waals surface area contributed by atoms with Gasteiger partial charge in [-0.1, -0.05) is 18.2 Å². The summed E-state index contributed by atoms with van der Waals surface area (Å²) in [6, 6.07) is 14.3. The molecule has 2 heterocycles. The normalized spacial score (nSPS) is 24.6. The van der Waals surface area contributed by atoms with E-state index in [0.29, 0.717) is 23.9 Å². The topological polar surface area (TPSA) is 35.6 Å². The van der Waals surface area contributed by atoms with Crippen LogP contribution in [0.4, 0.5) is 10.1 Å². The second-order valence-corrected chi connectivity index (χ2v) is 7.48. The molecule has 136 valence electrons. The van der Waals surface area contributed by atoms with E-state index in [2.05, 4.69) is 5.32 Å². The minimum Gasteiger partial charge on any atom is -0.378 e. The molecule has 0 bridgehead atoms. The van der Waals surface area contributed by atoms with Crippen molar-refractivity contribution in [2.75, 3.05) is 38.6 Å². The monoisotopic (exact) mass is 353 g/mol. The highest BCUT2D eigenvalue weighted by Crippen LogP contribution is 2.43. The van der Waals surface area contributed by atoms with E-state index in [1.165, 1.54) is 6.07 Å². The molecule has 1 amide bonds. The smallest absolute Gasteiger partial charge is 0.254 e. The Morgan fingerprint density at radius 2 is 1.96 bits per heavy atom. The van der Waals surface area contributed by atoms with Gasteiger partial charge in [-0.25, -0.2) is 4.39 Å². The Hall–Kier alpha value is -2.40. The fraction of sp³-hybridized carbons (Fsp3) is 0.381. The predicted molar refractivity (Wildman–Crippen MR) is 101 cm³/mol. The zero-order valence-electron chi connectivity index (χ0n) is 15.2. The van der Waals surface area contributed by atoms with E-state index in [0.717, 1.165) is 24.3 Å². The van der Waals surface area contributed by atoms with Gasteiger partial charge in [0.05, 0.1) is 6.04 Å². The minimum absolute atomic E-state index is 0.0253. The van der Waals surface area contributed by atoms with E-state index in [1.54, 1.807) is 12.1 Å². The molecule has 4 nitrogen and oxygen atoms in total. The number of rotatable bonds is 3. The van der Waals surface area contributed by atoms with Crippen LogP contribution in [-0.4, -0.2) is 44.5 Å². The summed E-state index contributed by atoms with van der Waals surface area (Å²) in [5.41, 5.74) is 2.57. The van der Waals surface area contributed by atoms with E-state index < -0.39 is 0 Å². The summed E-state index contributed by atoms with van der Waals surface area (Å²) in [6.07, 6.45) is 0. The first-order valence-corrected chi connectivity index (χ1v) is 9.09. The molecule has 3 atom stereocenters. The molecule has 0 unspecified atom stereocenters. The Bertz CT molecular complexity index is 822. The molecule has 0 saturated carbocycles. The van der Waals surface area contributed by atoms with Gasteiger partial charge in [-0.15, -0.1) is 0 Å². The van der Waals surface area contributed by atoms with Crippen molar-refractivity contribution in [2.45, 2.75) is 6.04 Å². The molecule has 5 heteroatoms. The van der Waals surface area contributed by atoms with Gasteiger partial charge in [-0.2, -0.15) is 0 Å². The number of amides is 1. The molecule has 0 aliphatic carbocycles. The van der Waals surface area contributed by atoms with Crippen LogP contribution in [0.25, 0.3) is 0 Å².